The second-order valence-electron chi connectivity index (χ2n) is 6.11. The minimum Gasteiger partial charge on any atom is -0.291 e. The van der Waals surface area contributed by atoms with Crippen LogP contribution in [0.15, 0.2) is 48.8 Å². The monoisotopic (exact) mass is 308 g/mol. The molecule has 0 fully saturated rings. The summed E-state index contributed by atoms with van der Waals surface area (Å²) >= 11 is 0. The van der Waals surface area contributed by atoms with Gasteiger partial charge in [-0.05, 0) is 37.1 Å². The molecule has 3 aromatic rings. The van der Waals surface area contributed by atoms with Crippen molar-refractivity contribution in [1.29, 1.82) is 0 Å². The van der Waals surface area contributed by atoms with Crippen molar-refractivity contribution in [2.75, 3.05) is 0 Å². The molecule has 0 unspecified atom stereocenters. The number of aromatic nitrogens is 3. The third-order valence-corrected chi connectivity index (χ3v) is 4.57. The SMILES string of the molecule is CC[C@@H](C)N(Cc1ccncc1)Cc1c2ccccc2nn1C. The van der Waals surface area contributed by atoms with Crippen LogP contribution in [0.2, 0.25) is 0 Å². The van der Waals surface area contributed by atoms with Gasteiger partial charge in [-0.3, -0.25) is 14.6 Å². The molecule has 0 N–H and O–H groups in total. The van der Waals surface area contributed by atoms with Crippen molar-refractivity contribution in [3.05, 3.63) is 60.0 Å². The first-order valence-electron chi connectivity index (χ1n) is 8.22. The average Bonchev–Trinajstić information content (AvgIpc) is 2.90. The molecule has 2 aromatic heterocycles. The first-order valence-corrected chi connectivity index (χ1v) is 8.22. The van der Waals surface area contributed by atoms with Crippen LogP contribution >= 0.6 is 0 Å². The Morgan fingerprint density at radius 1 is 1.09 bits per heavy atom. The number of fused-ring (bicyclic) bond motifs is 1. The van der Waals surface area contributed by atoms with Crippen LogP contribution in [-0.4, -0.2) is 25.7 Å². The van der Waals surface area contributed by atoms with Crippen molar-refractivity contribution in [3.63, 3.8) is 0 Å². The molecule has 0 spiro atoms. The van der Waals surface area contributed by atoms with E-state index in [9.17, 15) is 0 Å². The van der Waals surface area contributed by atoms with Gasteiger partial charge in [0.25, 0.3) is 0 Å². The highest BCUT2D eigenvalue weighted by Crippen LogP contribution is 2.21. The van der Waals surface area contributed by atoms with Crippen LogP contribution in [0, 0.1) is 0 Å². The van der Waals surface area contributed by atoms with Crippen molar-refractivity contribution >= 4 is 10.9 Å². The summed E-state index contributed by atoms with van der Waals surface area (Å²) in [7, 11) is 2.04. The molecule has 4 nitrogen and oxygen atoms in total. The summed E-state index contributed by atoms with van der Waals surface area (Å²) in [4.78, 5) is 6.63. The van der Waals surface area contributed by atoms with E-state index in [1.165, 1.54) is 16.6 Å². The Kier molecular flexibility index (Phi) is 4.72. The van der Waals surface area contributed by atoms with Gasteiger partial charge in [0, 0.05) is 44.0 Å². The van der Waals surface area contributed by atoms with Gasteiger partial charge < -0.3 is 0 Å². The van der Waals surface area contributed by atoms with Crippen LogP contribution < -0.4 is 0 Å². The quantitative estimate of drug-likeness (QED) is 0.695. The van der Waals surface area contributed by atoms with Gasteiger partial charge in [0.2, 0.25) is 0 Å². The molecule has 0 aliphatic heterocycles. The molecule has 2 heterocycles. The molecule has 0 saturated heterocycles. The molecule has 3 rings (SSSR count). The standard InChI is InChI=1S/C19H24N4/c1-4-15(2)23(13-16-9-11-20-12-10-16)14-19-17-7-5-6-8-18(17)21-22(19)3/h5-12,15H,4,13-14H2,1-3H3/t15-/m1/s1. The number of benzene rings is 1. The molecule has 0 aliphatic rings. The van der Waals surface area contributed by atoms with Gasteiger partial charge in [-0.25, -0.2) is 0 Å². The Hall–Kier alpha value is -2.20. The first kappa shape index (κ1) is 15.7. The predicted octanol–water partition coefficient (Wildman–Crippen LogP) is 3.77. The number of pyridine rings is 1. The molecule has 4 heteroatoms. The molecule has 0 saturated carbocycles. The maximum absolute atomic E-state index is 4.64. The second kappa shape index (κ2) is 6.92. The van der Waals surface area contributed by atoms with E-state index in [1.54, 1.807) is 0 Å². The first-order chi connectivity index (χ1) is 11.2. The molecule has 0 amide bonds. The number of rotatable bonds is 6. The molecular formula is C19H24N4. The van der Waals surface area contributed by atoms with Crippen LogP contribution in [0.1, 0.15) is 31.5 Å². The summed E-state index contributed by atoms with van der Waals surface area (Å²) in [5.74, 6) is 0. The summed E-state index contributed by atoms with van der Waals surface area (Å²) in [6.45, 7) is 6.36. The maximum atomic E-state index is 4.64. The van der Waals surface area contributed by atoms with Crippen LogP contribution in [0.5, 0.6) is 0 Å². The van der Waals surface area contributed by atoms with Crippen molar-refractivity contribution in [1.82, 2.24) is 19.7 Å². The normalized spacial score (nSPS) is 12.9. The van der Waals surface area contributed by atoms with Gasteiger partial charge >= 0.3 is 0 Å². The van der Waals surface area contributed by atoms with Crippen molar-refractivity contribution in [2.24, 2.45) is 7.05 Å². The highest BCUT2D eigenvalue weighted by molar-refractivity contribution is 5.81. The Morgan fingerprint density at radius 3 is 2.57 bits per heavy atom. The summed E-state index contributed by atoms with van der Waals surface area (Å²) in [6, 6.07) is 13.1. The molecule has 23 heavy (non-hydrogen) atoms. The summed E-state index contributed by atoms with van der Waals surface area (Å²) in [6.07, 6.45) is 4.86. The molecule has 0 aliphatic carbocycles. The van der Waals surface area contributed by atoms with Gasteiger partial charge in [-0.2, -0.15) is 5.10 Å². The fourth-order valence-electron chi connectivity index (χ4n) is 2.93. The molecule has 0 bridgehead atoms. The topological polar surface area (TPSA) is 34.0 Å². The number of aryl methyl sites for hydroxylation is 1. The minimum atomic E-state index is 0.511. The lowest BCUT2D eigenvalue weighted by atomic mass is 10.1. The Morgan fingerprint density at radius 2 is 1.83 bits per heavy atom. The van der Waals surface area contributed by atoms with Crippen molar-refractivity contribution in [2.45, 2.75) is 39.4 Å². The molecule has 1 atom stereocenters. The van der Waals surface area contributed by atoms with Crippen molar-refractivity contribution in [3.8, 4) is 0 Å². The Balaban J connectivity index is 1.89. The number of hydrogen-bond acceptors (Lipinski definition) is 3. The van der Waals surface area contributed by atoms with E-state index in [0.29, 0.717) is 6.04 Å². The highest BCUT2D eigenvalue weighted by Gasteiger charge is 2.17. The number of hydrogen-bond donors (Lipinski definition) is 0. The lowest BCUT2D eigenvalue weighted by molar-refractivity contribution is 0.182. The van der Waals surface area contributed by atoms with E-state index >= 15 is 0 Å². The summed E-state index contributed by atoms with van der Waals surface area (Å²) < 4.78 is 2.02. The average molecular weight is 308 g/mol. The minimum absolute atomic E-state index is 0.511. The fourth-order valence-corrected chi connectivity index (χ4v) is 2.93. The van der Waals surface area contributed by atoms with Gasteiger partial charge in [0.15, 0.2) is 0 Å². The zero-order chi connectivity index (χ0) is 16.2. The van der Waals surface area contributed by atoms with E-state index in [-0.39, 0.29) is 0 Å². The lowest BCUT2D eigenvalue weighted by Gasteiger charge is -2.28. The third-order valence-electron chi connectivity index (χ3n) is 4.57. The highest BCUT2D eigenvalue weighted by atomic mass is 15.3. The maximum Gasteiger partial charge on any atom is 0.0926 e. The Labute approximate surface area is 137 Å². The van der Waals surface area contributed by atoms with E-state index in [4.69, 9.17) is 0 Å². The summed E-state index contributed by atoms with van der Waals surface area (Å²) in [5, 5.41) is 5.89. The van der Waals surface area contributed by atoms with Crippen LogP contribution in [0.4, 0.5) is 0 Å². The second-order valence-corrected chi connectivity index (χ2v) is 6.11. The Bertz CT molecular complexity index is 763. The molecule has 0 radical (unpaired) electrons. The lowest BCUT2D eigenvalue weighted by Crippen LogP contribution is -2.32. The number of nitrogens with zero attached hydrogens (tertiary/aromatic N) is 4. The van der Waals surface area contributed by atoms with Gasteiger partial charge in [-0.15, -0.1) is 0 Å². The van der Waals surface area contributed by atoms with E-state index in [0.717, 1.165) is 25.0 Å². The van der Waals surface area contributed by atoms with Gasteiger partial charge in [-0.1, -0.05) is 25.1 Å². The molecule has 120 valence electrons. The van der Waals surface area contributed by atoms with E-state index < -0.39 is 0 Å². The zero-order valence-corrected chi connectivity index (χ0v) is 14.1. The largest absolute Gasteiger partial charge is 0.291 e. The zero-order valence-electron chi connectivity index (χ0n) is 14.1. The third kappa shape index (κ3) is 3.42. The fraction of sp³-hybridized carbons (Fsp3) is 0.368. The smallest absolute Gasteiger partial charge is 0.0926 e. The van der Waals surface area contributed by atoms with Crippen LogP contribution in [0.3, 0.4) is 0 Å². The van der Waals surface area contributed by atoms with Crippen LogP contribution in [-0.2, 0) is 20.1 Å². The van der Waals surface area contributed by atoms with E-state index in [2.05, 4.69) is 59.2 Å². The van der Waals surface area contributed by atoms with Crippen LogP contribution in [0.25, 0.3) is 10.9 Å². The van der Waals surface area contributed by atoms with Gasteiger partial charge in [0.05, 0.1) is 11.2 Å². The van der Waals surface area contributed by atoms with Crippen molar-refractivity contribution < 1.29 is 0 Å². The predicted molar refractivity (Wildman–Crippen MR) is 94.0 cm³/mol. The van der Waals surface area contributed by atoms with Gasteiger partial charge in [0.1, 0.15) is 0 Å². The molecular weight excluding hydrogens is 284 g/mol. The molecule has 1 aromatic carbocycles. The summed E-state index contributed by atoms with van der Waals surface area (Å²) in [5.41, 5.74) is 3.64. The van der Waals surface area contributed by atoms with E-state index in [1.807, 2.05) is 30.2 Å².